The number of fused-ring (bicyclic) bond motifs is 1. The molecule has 0 radical (unpaired) electrons. The second-order valence-electron chi connectivity index (χ2n) is 6.41. The van der Waals surface area contributed by atoms with Crippen molar-refractivity contribution in [1.82, 2.24) is 5.32 Å². The predicted octanol–water partition coefficient (Wildman–Crippen LogP) is 5.50. The van der Waals surface area contributed by atoms with Crippen molar-refractivity contribution in [2.45, 2.75) is 26.5 Å². The standard InChI is InChI=1S/C23H26FNO2.ClH/c1-2-26-15-5-14-25-16-22-21-7-4-3-6-19(21)10-13-23(22)27-17-18-8-11-20(24)12-9-18;/h3-4,6-13,25H,2,5,14-17H2,1H3;1H. The topological polar surface area (TPSA) is 30.5 Å². The van der Waals surface area contributed by atoms with Crippen LogP contribution in [0.25, 0.3) is 10.8 Å². The normalized spacial score (nSPS) is 10.6. The van der Waals surface area contributed by atoms with Gasteiger partial charge in [0, 0.05) is 25.3 Å². The van der Waals surface area contributed by atoms with Gasteiger partial charge in [-0.25, -0.2) is 4.39 Å². The maximum atomic E-state index is 13.1. The Balaban J connectivity index is 0.00000280. The fourth-order valence-electron chi connectivity index (χ4n) is 3.03. The lowest BCUT2D eigenvalue weighted by molar-refractivity contribution is 0.144. The van der Waals surface area contributed by atoms with Crippen molar-refractivity contribution in [2.75, 3.05) is 19.8 Å². The van der Waals surface area contributed by atoms with Gasteiger partial charge < -0.3 is 14.8 Å². The summed E-state index contributed by atoms with van der Waals surface area (Å²) in [6, 6.07) is 18.8. The molecule has 0 aliphatic heterocycles. The number of nitrogens with one attached hydrogen (secondary N) is 1. The van der Waals surface area contributed by atoms with E-state index in [1.54, 1.807) is 12.1 Å². The highest BCUT2D eigenvalue weighted by atomic mass is 35.5. The summed E-state index contributed by atoms with van der Waals surface area (Å²) in [4.78, 5) is 0. The molecule has 3 nitrogen and oxygen atoms in total. The van der Waals surface area contributed by atoms with Crippen LogP contribution in [-0.4, -0.2) is 19.8 Å². The van der Waals surface area contributed by atoms with Crippen LogP contribution >= 0.6 is 12.4 Å². The maximum absolute atomic E-state index is 13.1. The van der Waals surface area contributed by atoms with Crippen molar-refractivity contribution in [3.05, 3.63) is 77.6 Å². The average molecular weight is 404 g/mol. The molecule has 3 aromatic rings. The molecule has 0 aliphatic carbocycles. The van der Waals surface area contributed by atoms with Gasteiger partial charge in [-0.3, -0.25) is 0 Å². The van der Waals surface area contributed by atoms with E-state index in [2.05, 4.69) is 23.5 Å². The van der Waals surface area contributed by atoms with E-state index in [0.29, 0.717) is 6.61 Å². The molecular formula is C23H27ClFNO2. The number of benzene rings is 3. The summed E-state index contributed by atoms with van der Waals surface area (Å²) in [5.41, 5.74) is 2.09. The first kappa shape index (κ1) is 22.2. The molecule has 3 rings (SSSR count). The molecule has 5 heteroatoms. The third-order valence-corrected chi connectivity index (χ3v) is 4.45. The molecule has 0 amide bonds. The van der Waals surface area contributed by atoms with E-state index in [-0.39, 0.29) is 18.2 Å². The second-order valence-corrected chi connectivity index (χ2v) is 6.41. The van der Waals surface area contributed by atoms with Gasteiger partial charge in [-0.15, -0.1) is 12.4 Å². The second kappa shape index (κ2) is 11.6. The van der Waals surface area contributed by atoms with Crippen LogP contribution in [0.2, 0.25) is 0 Å². The molecule has 28 heavy (non-hydrogen) atoms. The molecule has 0 spiro atoms. The van der Waals surface area contributed by atoms with E-state index in [1.165, 1.54) is 22.9 Å². The fraction of sp³-hybridized carbons (Fsp3) is 0.304. The lowest BCUT2D eigenvalue weighted by Gasteiger charge is -2.15. The number of ether oxygens (including phenoxy) is 2. The van der Waals surface area contributed by atoms with E-state index in [9.17, 15) is 4.39 Å². The lowest BCUT2D eigenvalue weighted by atomic mass is 10.0. The largest absolute Gasteiger partial charge is 0.489 e. The lowest BCUT2D eigenvalue weighted by Crippen LogP contribution is -2.17. The Bertz CT molecular complexity index is 855. The van der Waals surface area contributed by atoms with Crippen LogP contribution in [0.3, 0.4) is 0 Å². The highest BCUT2D eigenvalue weighted by Crippen LogP contribution is 2.28. The third kappa shape index (κ3) is 6.20. The van der Waals surface area contributed by atoms with Crippen LogP contribution in [0.15, 0.2) is 60.7 Å². The molecule has 3 aromatic carbocycles. The summed E-state index contributed by atoms with van der Waals surface area (Å²) in [6.07, 6.45) is 0.977. The minimum atomic E-state index is -0.235. The zero-order chi connectivity index (χ0) is 18.9. The van der Waals surface area contributed by atoms with Gasteiger partial charge >= 0.3 is 0 Å². The summed E-state index contributed by atoms with van der Waals surface area (Å²) in [7, 11) is 0. The van der Waals surface area contributed by atoms with Crippen molar-refractivity contribution in [2.24, 2.45) is 0 Å². The van der Waals surface area contributed by atoms with Gasteiger partial charge in [0.05, 0.1) is 0 Å². The molecule has 0 fully saturated rings. The molecule has 0 unspecified atom stereocenters. The van der Waals surface area contributed by atoms with Gasteiger partial charge in [0.15, 0.2) is 0 Å². The summed E-state index contributed by atoms with van der Waals surface area (Å²) >= 11 is 0. The number of hydrogen-bond donors (Lipinski definition) is 1. The molecular weight excluding hydrogens is 377 g/mol. The van der Waals surface area contributed by atoms with E-state index < -0.39 is 0 Å². The van der Waals surface area contributed by atoms with Crippen LogP contribution < -0.4 is 10.1 Å². The minimum Gasteiger partial charge on any atom is -0.489 e. The SMILES string of the molecule is CCOCCCNCc1c(OCc2ccc(F)cc2)ccc2ccccc12.Cl. The third-order valence-electron chi connectivity index (χ3n) is 4.45. The van der Waals surface area contributed by atoms with Gasteiger partial charge in [-0.05, 0) is 54.4 Å². The Labute approximate surface area is 172 Å². The Morgan fingerprint density at radius 3 is 2.54 bits per heavy atom. The van der Waals surface area contributed by atoms with Crippen LogP contribution in [0.1, 0.15) is 24.5 Å². The first-order chi connectivity index (χ1) is 13.3. The Morgan fingerprint density at radius 1 is 0.964 bits per heavy atom. The highest BCUT2D eigenvalue weighted by Gasteiger charge is 2.09. The van der Waals surface area contributed by atoms with Crippen LogP contribution in [0, 0.1) is 5.82 Å². The van der Waals surface area contributed by atoms with Gasteiger partial charge in [-0.1, -0.05) is 42.5 Å². The van der Waals surface area contributed by atoms with Crippen molar-refractivity contribution < 1.29 is 13.9 Å². The Kier molecular flexibility index (Phi) is 9.21. The molecule has 0 atom stereocenters. The summed E-state index contributed by atoms with van der Waals surface area (Å²) in [5.74, 6) is 0.622. The van der Waals surface area contributed by atoms with Crippen LogP contribution in [-0.2, 0) is 17.9 Å². The number of hydrogen-bond acceptors (Lipinski definition) is 3. The molecule has 1 N–H and O–H groups in total. The van der Waals surface area contributed by atoms with Crippen LogP contribution in [0.4, 0.5) is 4.39 Å². The van der Waals surface area contributed by atoms with E-state index >= 15 is 0 Å². The summed E-state index contributed by atoms with van der Waals surface area (Å²) < 4.78 is 24.5. The number of rotatable bonds is 10. The van der Waals surface area contributed by atoms with E-state index in [1.807, 2.05) is 25.1 Å². The van der Waals surface area contributed by atoms with Gasteiger partial charge in [0.2, 0.25) is 0 Å². The molecule has 0 bridgehead atoms. The van der Waals surface area contributed by atoms with Gasteiger partial charge in [0.1, 0.15) is 18.2 Å². The van der Waals surface area contributed by atoms with Gasteiger partial charge in [0.25, 0.3) is 0 Å². The molecule has 0 saturated carbocycles. The van der Waals surface area contributed by atoms with Gasteiger partial charge in [-0.2, -0.15) is 0 Å². The summed E-state index contributed by atoms with van der Waals surface area (Å²) in [5, 5.41) is 5.87. The van der Waals surface area contributed by atoms with E-state index in [4.69, 9.17) is 9.47 Å². The van der Waals surface area contributed by atoms with Crippen molar-refractivity contribution in [1.29, 1.82) is 0 Å². The van der Waals surface area contributed by atoms with Crippen molar-refractivity contribution in [3.63, 3.8) is 0 Å². The maximum Gasteiger partial charge on any atom is 0.124 e. The molecule has 0 aromatic heterocycles. The predicted molar refractivity (Wildman–Crippen MR) is 115 cm³/mol. The molecule has 0 saturated heterocycles. The van der Waals surface area contributed by atoms with Crippen molar-refractivity contribution in [3.8, 4) is 5.75 Å². The average Bonchev–Trinajstić information content (AvgIpc) is 2.70. The minimum absolute atomic E-state index is 0. The molecule has 0 heterocycles. The molecule has 0 aliphatic rings. The Hall–Kier alpha value is -2.14. The first-order valence-corrected chi connectivity index (χ1v) is 9.44. The molecule has 150 valence electrons. The van der Waals surface area contributed by atoms with Crippen LogP contribution in [0.5, 0.6) is 5.75 Å². The fourth-order valence-corrected chi connectivity index (χ4v) is 3.03. The first-order valence-electron chi connectivity index (χ1n) is 9.44. The van der Waals surface area contributed by atoms with Crippen molar-refractivity contribution >= 4 is 23.2 Å². The quantitative estimate of drug-likeness (QED) is 0.453. The van der Waals surface area contributed by atoms with E-state index in [0.717, 1.165) is 49.6 Å². The number of halogens is 2. The smallest absolute Gasteiger partial charge is 0.124 e. The highest BCUT2D eigenvalue weighted by molar-refractivity contribution is 5.87. The zero-order valence-corrected chi connectivity index (χ0v) is 16.9. The Morgan fingerprint density at radius 2 is 1.75 bits per heavy atom. The zero-order valence-electron chi connectivity index (χ0n) is 16.1. The summed E-state index contributed by atoms with van der Waals surface area (Å²) in [6.45, 7) is 5.56. The monoisotopic (exact) mass is 403 g/mol.